The fourth-order valence-electron chi connectivity index (χ4n) is 1.82. The van der Waals surface area contributed by atoms with E-state index in [0.29, 0.717) is 5.94 Å². The molecular weight excluding hydrogens is 268 g/mol. The van der Waals surface area contributed by atoms with Gasteiger partial charge in [0.25, 0.3) is 0 Å². The van der Waals surface area contributed by atoms with Gasteiger partial charge in [-0.25, -0.2) is 0 Å². The molecule has 0 saturated heterocycles. The lowest BCUT2D eigenvalue weighted by molar-refractivity contribution is 0.390. The first kappa shape index (κ1) is 18.9. The molecule has 114 valence electrons. The van der Waals surface area contributed by atoms with E-state index in [4.69, 9.17) is 9.15 Å². The van der Waals surface area contributed by atoms with Crippen molar-refractivity contribution in [2.45, 2.75) is 54.4 Å². The molecule has 0 aliphatic heterocycles. The summed E-state index contributed by atoms with van der Waals surface area (Å²) >= 11 is 4.08. The van der Waals surface area contributed by atoms with Crippen LogP contribution in [0.5, 0.6) is 5.75 Å². The third-order valence-corrected chi connectivity index (χ3v) is 2.83. The van der Waals surface area contributed by atoms with E-state index in [1.807, 2.05) is 33.8 Å². The standard InChI is InChI=1S/C13H16O2S.2C2H6/c1-3-9-5-10-6-11(4-2)15-13(10)7-12(9)14-8-16;2*1-2/h5-7,16H,3-4,8H2,1-2H3;2*1-2H3. The number of hydrogen-bond donors (Lipinski definition) is 1. The molecular formula is C17H28O2S. The summed E-state index contributed by atoms with van der Waals surface area (Å²) in [6, 6.07) is 6.19. The van der Waals surface area contributed by atoms with E-state index in [2.05, 4.69) is 38.6 Å². The minimum absolute atomic E-state index is 0.389. The van der Waals surface area contributed by atoms with Crippen LogP contribution in [-0.2, 0) is 12.8 Å². The predicted molar refractivity (Wildman–Crippen MR) is 92.1 cm³/mol. The molecule has 0 aliphatic carbocycles. The Hall–Kier alpha value is -1.09. The van der Waals surface area contributed by atoms with Gasteiger partial charge in [0.2, 0.25) is 0 Å². The Balaban J connectivity index is 0.000000829. The number of furan rings is 1. The maximum atomic E-state index is 5.70. The molecule has 1 heterocycles. The third kappa shape index (κ3) is 4.78. The molecule has 20 heavy (non-hydrogen) atoms. The van der Waals surface area contributed by atoms with Crippen molar-refractivity contribution in [2.24, 2.45) is 0 Å². The third-order valence-electron chi connectivity index (χ3n) is 2.70. The maximum Gasteiger partial charge on any atom is 0.137 e. The van der Waals surface area contributed by atoms with Crippen molar-refractivity contribution in [1.82, 2.24) is 0 Å². The molecule has 1 aromatic carbocycles. The van der Waals surface area contributed by atoms with Gasteiger partial charge in [-0.05, 0) is 24.1 Å². The van der Waals surface area contributed by atoms with E-state index in [0.717, 1.165) is 35.3 Å². The molecule has 0 spiro atoms. The molecule has 2 rings (SSSR count). The lowest BCUT2D eigenvalue weighted by Gasteiger charge is -2.07. The van der Waals surface area contributed by atoms with Crippen LogP contribution in [0.25, 0.3) is 11.0 Å². The second-order valence-electron chi connectivity index (χ2n) is 3.69. The number of hydrogen-bond acceptors (Lipinski definition) is 3. The van der Waals surface area contributed by atoms with Crippen molar-refractivity contribution >= 4 is 23.6 Å². The fraction of sp³-hybridized carbons (Fsp3) is 0.529. The number of aryl methyl sites for hydroxylation is 2. The second-order valence-corrected chi connectivity index (χ2v) is 3.95. The zero-order valence-corrected chi connectivity index (χ0v) is 14.5. The average molecular weight is 296 g/mol. The molecule has 0 amide bonds. The van der Waals surface area contributed by atoms with Crippen LogP contribution in [0.15, 0.2) is 22.6 Å². The van der Waals surface area contributed by atoms with Crippen molar-refractivity contribution in [3.05, 3.63) is 29.5 Å². The second kappa shape index (κ2) is 10.7. The van der Waals surface area contributed by atoms with E-state index < -0.39 is 0 Å². The van der Waals surface area contributed by atoms with Crippen LogP contribution in [-0.4, -0.2) is 5.94 Å². The van der Waals surface area contributed by atoms with E-state index >= 15 is 0 Å². The zero-order valence-electron chi connectivity index (χ0n) is 13.6. The normalized spacial score (nSPS) is 9.35. The molecule has 0 N–H and O–H groups in total. The minimum Gasteiger partial charge on any atom is -0.483 e. The first-order valence-corrected chi connectivity index (χ1v) is 8.20. The molecule has 1 aromatic heterocycles. The van der Waals surface area contributed by atoms with Gasteiger partial charge in [-0.2, -0.15) is 0 Å². The van der Waals surface area contributed by atoms with Crippen LogP contribution < -0.4 is 4.74 Å². The molecule has 0 radical (unpaired) electrons. The first-order chi connectivity index (χ1) is 9.78. The Bertz CT molecular complexity index is 489. The van der Waals surface area contributed by atoms with Gasteiger partial charge >= 0.3 is 0 Å². The van der Waals surface area contributed by atoms with Crippen LogP contribution in [0, 0.1) is 0 Å². The van der Waals surface area contributed by atoms with Crippen LogP contribution in [0.1, 0.15) is 52.9 Å². The Morgan fingerprint density at radius 2 is 1.65 bits per heavy atom. The quantitative estimate of drug-likeness (QED) is 0.562. The molecule has 2 aromatic rings. The lowest BCUT2D eigenvalue weighted by atomic mass is 10.1. The summed E-state index contributed by atoms with van der Waals surface area (Å²) in [6.45, 7) is 12.2. The Labute approximate surface area is 128 Å². The highest BCUT2D eigenvalue weighted by molar-refractivity contribution is 7.80. The minimum atomic E-state index is 0.389. The topological polar surface area (TPSA) is 22.4 Å². The molecule has 0 bridgehead atoms. The van der Waals surface area contributed by atoms with Crippen LogP contribution in [0.3, 0.4) is 0 Å². The summed E-state index contributed by atoms with van der Waals surface area (Å²) in [6.07, 6.45) is 1.87. The van der Waals surface area contributed by atoms with Crippen LogP contribution >= 0.6 is 12.6 Å². The van der Waals surface area contributed by atoms with E-state index in [9.17, 15) is 0 Å². The summed E-state index contributed by atoms with van der Waals surface area (Å²) in [4.78, 5) is 0. The van der Waals surface area contributed by atoms with E-state index in [1.54, 1.807) is 0 Å². The largest absolute Gasteiger partial charge is 0.483 e. The van der Waals surface area contributed by atoms with Crippen molar-refractivity contribution in [3.63, 3.8) is 0 Å². The van der Waals surface area contributed by atoms with E-state index in [-0.39, 0.29) is 0 Å². The Kier molecular flexibility index (Phi) is 10.1. The molecule has 0 unspecified atom stereocenters. The molecule has 0 fully saturated rings. The molecule has 2 nitrogen and oxygen atoms in total. The average Bonchev–Trinajstić information content (AvgIpc) is 2.92. The fourth-order valence-corrected chi connectivity index (χ4v) is 1.96. The highest BCUT2D eigenvalue weighted by atomic mass is 32.1. The molecule has 0 aliphatic rings. The highest BCUT2D eigenvalue weighted by Crippen LogP contribution is 2.29. The summed E-state index contributed by atoms with van der Waals surface area (Å²) in [5, 5.41) is 1.15. The SMILES string of the molecule is CC.CC.CCc1cc2cc(CC)c(OCS)cc2o1. The van der Waals surface area contributed by atoms with E-state index in [1.165, 1.54) is 5.56 Å². The van der Waals surface area contributed by atoms with Crippen molar-refractivity contribution < 1.29 is 9.15 Å². The number of thiol groups is 1. The Morgan fingerprint density at radius 1 is 1.00 bits per heavy atom. The van der Waals surface area contributed by atoms with Gasteiger partial charge in [-0.15, -0.1) is 12.6 Å². The number of benzene rings is 1. The zero-order chi connectivity index (χ0) is 15.5. The van der Waals surface area contributed by atoms with Gasteiger partial charge in [0.1, 0.15) is 23.0 Å². The van der Waals surface area contributed by atoms with Crippen LogP contribution in [0.4, 0.5) is 0 Å². The van der Waals surface area contributed by atoms with Crippen molar-refractivity contribution in [1.29, 1.82) is 0 Å². The van der Waals surface area contributed by atoms with Gasteiger partial charge in [-0.1, -0.05) is 41.5 Å². The Morgan fingerprint density at radius 3 is 2.15 bits per heavy atom. The maximum absolute atomic E-state index is 5.70. The van der Waals surface area contributed by atoms with Gasteiger partial charge in [0.15, 0.2) is 0 Å². The highest BCUT2D eigenvalue weighted by Gasteiger charge is 2.08. The predicted octanol–water partition coefficient (Wildman–Crippen LogP) is 5.88. The molecule has 0 atom stereocenters. The first-order valence-electron chi connectivity index (χ1n) is 7.57. The summed E-state index contributed by atoms with van der Waals surface area (Å²) < 4.78 is 11.2. The molecule has 0 saturated carbocycles. The molecule has 3 heteroatoms. The number of rotatable bonds is 4. The smallest absolute Gasteiger partial charge is 0.137 e. The number of ether oxygens (including phenoxy) is 1. The van der Waals surface area contributed by atoms with Gasteiger partial charge < -0.3 is 9.15 Å². The van der Waals surface area contributed by atoms with Crippen molar-refractivity contribution in [2.75, 3.05) is 5.94 Å². The van der Waals surface area contributed by atoms with Gasteiger partial charge in [0.05, 0.1) is 0 Å². The number of fused-ring (bicyclic) bond motifs is 1. The summed E-state index contributed by atoms with van der Waals surface area (Å²) in [7, 11) is 0. The van der Waals surface area contributed by atoms with Crippen LogP contribution in [0.2, 0.25) is 0 Å². The lowest BCUT2D eigenvalue weighted by Crippen LogP contribution is -1.93. The van der Waals surface area contributed by atoms with Gasteiger partial charge in [0, 0.05) is 17.9 Å². The van der Waals surface area contributed by atoms with Gasteiger partial charge in [-0.3, -0.25) is 0 Å². The summed E-state index contributed by atoms with van der Waals surface area (Å²) in [5.74, 6) is 2.28. The monoisotopic (exact) mass is 296 g/mol. The summed E-state index contributed by atoms with van der Waals surface area (Å²) in [5.41, 5.74) is 2.09. The van der Waals surface area contributed by atoms with Crippen molar-refractivity contribution in [3.8, 4) is 5.75 Å².